The molecular formula is C24H32N6O. The van der Waals surface area contributed by atoms with E-state index >= 15 is 0 Å². The van der Waals surface area contributed by atoms with Crippen molar-refractivity contribution < 1.29 is 4.79 Å². The standard InChI is InChI=1S/C24H32N6O/c1-17(2)30-23-20(16-26-30)14-22(19(4)27-23)24(31)25-15-18(3)28-10-12-29(13-11-28)21-8-6-5-7-9-21/h5-9,14,16-18H,10-13,15H2,1-4H3,(H,25,31). The number of benzene rings is 1. The summed E-state index contributed by atoms with van der Waals surface area (Å²) >= 11 is 0. The predicted octanol–water partition coefficient (Wildman–Crippen LogP) is 3.26. The van der Waals surface area contributed by atoms with Crippen molar-refractivity contribution in [3.8, 4) is 0 Å². The summed E-state index contributed by atoms with van der Waals surface area (Å²) in [5.74, 6) is -0.0704. The van der Waals surface area contributed by atoms with Crippen LogP contribution in [-0.2, 0) is 0 Å². The molecule has 0 aliphatic carbocycles. The number of carbonyl (C=O) groups is 1. The number of hydrogen-bond acceptors (Lipinski definition) is 5. The first kappa shape index (κ1) is 21.3. The molecule has 2 aromatic heterocycles. The zero-order valence-electron chi connectivity index (χ0n) is 18.9. The Morgan fingerprint density at radius 1 is 1.10 bits per heavy atom. The van der Waals surface area contributed by atoms with E-state index in [2.05, 4.69) is 76.3 Å². The van der Waals surface area contributed by atoms with E-state index in [1.807, 2.05) is 17.7 Å². The molecule has 164 valence electrons. The van der Waals surface area contributed by atoms with E-state index in [-0.39, 0.29) is 18.0 Å². The molecule has 1 aliphatic heterocycles. The first-order chi connectivity index (χ1) is 14.9. The van der Waals surface area contributed by atoms with E-state index in [0.717, 1.165) is 42.9 Å². The van der Waals surface area contributed by atoms with Crippen molar-refractivity contribution in [1.29, 1.82) is 0 Å². The summed E-state index contributed by atoms with van der Waals surface area (Å²) in [7, 11) is 0. The fourth-order valence-electron chi connectivity index (χ4n) is 4.20. The van der Waals surface area contributed by atoms with Gasteiger partial charge in [0.15, 0.2) is 5.65 Å². The van der Waals surface area contributed by atoms with Gasteiger partial charge in [-0.05, 0) is 45.9 Å². The molecule has 1 atom stereocenters. The lowest BCUT2D eigenvalue weighted by molar-refractivity contribution is 0.0933. The Kier molecular flexibility index (Phi) is 6.23. The topological polar surface area (TPSA) is 66.3 Å². The van der Waals surface area contributed by atoms with E-state index in [1.54, 1.807) is 6.20 Å². The number of para-hydroxylation sites is 1. The van der Waals surface area contributed by atoms with Crippen molar-refractivity contribution >= 4 is 22.6 Å². The van der Waals surface area contributed by atoms with Crippen LogP contribution < -0.4 is 10.2 Å². The molecule has 7 nitrogen and oxygen atoms in total. The predicted molar refractivity (Wildman–Crippen MR) is 125 cm³/mol. The van der Waals surface area contributed by atoms with Crippen LogP contribution in [0.3, 0.4) is 0 Å². The average molecular weight is 421 g/mol. The van der Waals surface area contributed by atoms with Gasteiger partial charge in [-0.25, -0.2) is 9.67 Å². The van der Waals surface area contributed by atoms with Crippen molar-refractivity contribution in [2.45, 2.75) is 39.8 Å². The van der Waals surface area contributed by atoms with Crippen LogP contribution in [0, 0.1) is 6.92 Å². The van der Waals surface area contributed by atoms with Gasteiger partial charge in [0.2, 0.25) is 0 Å². The van der Waals surface area contributed by atoms with Crippen molar-refractivity contribution in [3.63, 3.8) is 0 Å². The van der Waals surface area contributed by atoms with Crippen LogP contribution in [0.5, 0.6) is 0 Å². The molecule has 1 aliphatic rings. The third-order valence-corrected chi connectivity index (χ3v) is 6.11. The van der Waals surface area contributed by atoms with Crippen LogP contribution in [0.15, 0.2) is 42.6 Å². The van der Waals surface area contributed by atoms with Gasteiger partial charge >= 0.3 is 0 Å². The number of anilines is 1. The van der Waals surface area contributed by atoms with Crippen molar-refractivity contribution in [3.05, 3.63) is 53.9 Å². The molecule has 7 heteroatoms. The average Bonchev–Trinajstić information content (AvgIpc) is 3.20. The molecule has 0 radical (unpaired) electrons. The Morgan fingerprint density at radius 2 is 1.81 bits per heavy atom. The molecule has 0 spiro atoms. The molecule has 1 aromatic carbocycles. The number of nitrogens with zero attached hydrogens (tertiary/aromatic N) is 5. The molecular weight excluding hydrogens is 388 g/mol. The number of carbonyl (C=O) groups excluding carboxylic acids is 1. The molecule has 1 N–H and O–H groups in total. The zero-order chi connectivity index (χ0) is 22.0. The first-order valence-corrected chi connectivity index (χ1v) is 11.1. The molecule has 0 bridgehead atoms. The SMILES string of the molecule is Cc1nc2c(cnn2C(C)C)cc1C(=O)NCC(C)N1CCN(c2ccccc2)CC1. The number of piperazine rings is 1. The van der Waals surface area contributed by atoms with Gasteiger partial charge in [-0.15, -0.1) is 0 Å². The second kappa shape index (κ2) is 9.06. The molecule has 4 rings (SSSR count). The highest BCUT2D eigenvalue weighted by Gasteiger charge is 2.22. The zero-order valence-corrected chi connectivity index (χ0v) is 18.9. The monoisotopic (exact) mass is 420 g/mol. The number of pyridine rings is 1. The van der Waals surface area contributed by atoms with Gasteiger partial charge in [0.05, 0.1) is 17.5 Å². The Bertz CT molecular complexity index is 1040. The number of hydrogen-bond donors (Lipinski definition) is 1. The molecule has 1 fully saturated rings. The maximum atomic E-state index is 12.9. The van der Waals surface area contributed by atoms with E-state index < -0.39 is 0 Å². The molecule has 0 saturated carbocycles. The maximum absolute atomic E-state index is 12.9. The van der Waals surface area contributed by atoms with E-state index in [0.29, 0.717) is 12.1 Å². The smallest absolute Gasteiger partial charge is 0.253 e. The molecule has 1 amide bonds. The minimum Gasteiger partial charge on any atom is -0.369 e. The number of aromatic nitrogens is 3. The van der Waals surface area contributed by atoms with Gasteiger partial charge in [0, 0.05) is 55.9 Å². The summed E-state index contributed by atoms with van der Waals surface area (Å²) in [6.07, 6.45) is 1.79. The summed E-state index contributed by atoms with van der Waals surface area (Å²) in [5.41, 5.74) is 3.46. The van der Waals surface area contributed by atoms with Crippen molar-refractivity contribution in [2.24, 2.45) is 0 Å². The minimum absolute atomic E-state index is 0.0704. The van der Waals surface area contributed by atoms with Gasteiger partial charge in [0.25, 0.3) is 5.91 Å². The fourth-order valence-corrected chi connectivity index (χ4v) is 4.20. The quantitative estimate of drug-likeness (QED) is 0.663. The lowest BCUT2D eigenvalue weighted by atomic mass is 10.1. The Balaban J connectivity index is 1.34. The van der Waals surface area contributed by atoms with Crippen LogP contribution >= 0.6 is 0 Å². The summed E-state index contributed by atoms with van der Waals surface area (Å²) in [5, 5.41) is 8.42. The van der Waals surface area contributed by atoms with Gasteiger partial charge in [-0.3, -0.25) is 9.69 Å². The second-order valence-electron chi connectivity index (χ2n) is 8.63. The minimum atomic E-state index is -0.0704. The molecule has 31 heavy (non-hydrogen) atoms. The molecule has 1 saturated heterocycles. The summed E-state index contributed by atoms with van der Waals surface area (Å²) in [4.78, 5) is 22.4. The fraction of sp³-hybridized carbons (Fsp3) is 0.458. The van der Waals surface area contributed by atoms with Crippen molar-refractivity contribution in [2.75, 3.05) is 37.6 Å². The maximum Gasteiger partial charge on any atom is 0.253 e. The lowest BCUT2D eigenvalue weighted by Gasteiger charge is -2.39. The van der Waals surface area contributed by atoms with E-state index in [4.69, 9.17) is 0 Å². The van der Waals surface area contributed by atoms with Crippen molar-refractivity contribution in [1.82, 2.24) is 25.0 Å². The number of nitrogens with one attached hydrogen (secondary N) is 1. The summed E-state index contributed by atoms with van der Waals surface area (Å²) < 4.78 is 1.89. The molecule has 3 heterocycles. The number of rotatable bonds is 6. The normalized spacial score (nSPS) is 16.1. The van der Waals surface area contributed by atoms with Crippen LogP contribution in [-0.4, -0.2) is 64.3 Å². The van der Waals surface area contributed by atoms with Gasteiger partial charge in [-0.1, -0.05) is 18.2 Å². The third kappa shape index (κ3) is 4.56. The number of aryl methyl sites for hydroxylation is 1. The lowest BCUT2D eigenvalue weighted by Crippen LogP contribution is -2.52. The van der Waals surface area contributed by atoms with Crippen LogP contribution in [0.4, 0.5) is 5.69 Å². The third-order valence-electron chi connectivity index (χ3n) is 6.11. The summed E-state index contributed by atoms with van der Waals surface area (Å²) in [6.45, 7) is 12.8. The molecule has 3 aromatic rings. The highest BCUT2D eigenvalue weighted by Crippen LogP contribution is 2.20. The van der Waals surface area contributed by atoms with Gasteiger partial charge in [0.1, 0.15) is 0 Å². The van der Waals surface area contributed by atoms with Crippen LogP contribution in [0.25, 0.3) is 11.0 Å². The largest absolute Gasteiger partial charge is 0.369 e. The molecule has 1 unspecified atom stereocenters. The van der Waals surface area contributed by atoms with E-state index in [9.17, 15) is 4.79 Å². The number of fused-ring (bicyclic) bond motifs is 1. The van der Waals surface area contributed by atoms with Crippen LogP contribution in [0.1, 0.15) is 42.9 Å². The summed E-state index contributed by atoms with van der Waals surface area (Å²) in [6, 6.07) is 13.0. The second-order valence-corrected chi connectivity index (χ2v) is 8.63. The highest BCUT2D eigenvalue weighted by atomic mass is 16.1. The number of amides is 1. The van der Waals surface area contributed by atoms with Gasteiger partial charge < -0.3 is 10.2 Å². The Labute approximate surface area is 184 Å². The Hall–Kier alpha value is -2.93. The van der Waals surface area contributed by atoms with Crippen LogP contribution in [0.2, 0.25) is 0 Å². The van der Waals surface area contributed by atoms with Gasteiger partial charge in [-0.2, -0.15) is 5.10 Å². The first-order valence-electron chi connectivity index (χ1n) is 11.1. The highest BCUT2D eigenvalue weighted by molar-refractivity contribution is 5.98. The van der Waals surface area contributed by atoms with E-state index in [1.165, 1.54) is 5.69 Å². The Morgan fingerprint density at radius 3 is 2.48 bits per heavy atom.